The quantitative estimate of drug-likeness (QED) is 0.0268. The standard InChI is InChI=1S/C71H85N7O11SSi/c1-11-24-56-64(81)78-61(45(4)13-3)62(89-68(84)70(5,6)7)66(83)76-57(40-46-33-36-48(37-34-46)86-39-12-2)67-73-47(44-90-67)35-38-60(79)74-59(43-88-91(71(8,9)10,49-25-16-14-17-26-49)50-27-18-15-19-28-50)63(80)72-41-58(65(82)75-56)77-69(85)87-42-55-53-31-22-20-29-51(53)52-30-21-23-32-54(52)55/h12,14-23,25-38,44-45,55-59,61-62H,2,11,13,24,39-43H2,1,3-10H3,(H,72,80)(H,74,79)(H,75,82)(H,76,83)(H,77,85)(H,78,81)/b38-35+/t45-,56-,57-,58?,59-,61-,62+/m0/s1. The highest BCUT2D eigenvalue weighted by atomic mass is 32.1. The fourth-order valence-corrected chi connectivity index (χ4v) is 16.8. The van der Waals surface area contributed by atoms with E-state index in [2.05, 4.69) is 59.3 Å². The molecule has 0 radical (unpaired) electrons. The zero-order chi connectivity index (χ0) is 65.5. The first-order valence-electron chi connectivity index (χ1n) is 31.1. The molecule has 6 aromatic rings. The number of aromatic nitrogens is 1. The zero-order valence-electron chi connectivity index (χ0n) is 53.3. The molecule has 0 saturated heterocycles. The Balaban J connectivity index is 1.19. The van der Waals surface area contributed by atoms with E-state index in [0.29, 0.717) is 35.9 Å². The molecule has 2 aliphatic rings. The van der Waals surface area contributed by atoms with Crippen molar-refractivity contribution in [2.45, 2.75) is 135 Å². The lowest BCUT2D eigenvalue weighted by Crippen LogP contribution is -2.68. The number of hydrogen-bond acceptors (Lipinski definition) is 13. The van der Waals surface area contributed by atoms with E-state index in [1.807, 2.05) is 142 Å². The number of alkyl carbamates (subject to hydrolysis) is 1. The molecule has 8 rings (SSSR count). The molecular formula is C71H85N7O11SSi. The van der Waals surface area contributed by atoms with E-state index in [0.717, 1.165) is 38.2 Å². The summed E-state index contributed by atoms with van der Waals surface area (Å²) in [6, 6.07) is 36.4. The van der Waals surface area contributed by atoms with Crippen LogP contribution in [0.15, 0.2) is 158 Å². The van der Waals surface area contributed by atoms with Crippen LogP contribution in [0.3, 0.4) is 0 Å². The van der Waals surface area contributed by atoms with Gasteiger partial charge in [0.05, 0.1) is 29.8 Å². The second-order valence-corrected chi connectivity index (χ2v) is 30.3. The molecule has 6 N–H and O–H groups in total. The van der Waals surface area contributed by atoms with Gasteiger partial charge in [-0.15, -0.1) is 11.3 Å². The minimum atomic E-state index is -3.36. The molecule has 6 amide bonds. The molecule has 5 aromatic carbocycles. The van der Waals surface area contributed by atoms with Gasteiger partial charge >= 0.3 is 12.1 Å². The number of rotatable bonds is 18. The Morgan fingerprint density at radius 1 is 0.714 bits per heavy atom. The van der Waals surface area contributed by atoms with Crippen LogP contribution >= 0.6 is 11.3 Å². The predicted octanol–water partition coefficient (Wildman–Crippen LogP) is 8.99. The van der Waals surface area contributed by atoms with Crippen molar-refractivity contribution in [2.75, 3.05) is 26.4 Å². The van der Waals surface area contributed by atoms with Gasteiger partial charge in [-0.1, -0.05) is 188 Å². The van der Waals surface area contributed by atoms with Gasteiger partial charge in [0, 0.05) is 23.9 Å². The molecule has 0 fully saturated rings. The molecule has 7 atom stereocenters. The van der Waals surface area contributed by atoms with Crippen LogP contribution in [0.4, 0.5) is 4.79 Å². The lowest BCUT2D eigenvalue weighted by molar-refractivity contribution is -0.167. The number of carbonyl (C=O) groups excluding carboxylic acids is 7. The highest BCUT2D eigenvalue weighted by Gasteiger charge is 2.51. The van der Waals surface area contributed by atoms with Crippen LogP contribution in [0.2, 0.25) is 5.04 Å². The summed E-state index contributed by atoms with van der Waals surface area (Å²) in [5.74, 6) is -4.66. The molecule has 1 aliphatic heterocycles. The SMILES string of the molecule is C=CCOc1ccc(C[C@@H]2NC(=O)[C@H](OC(=O)C(C)(C)C)[C@H]([C@@H](C)CC)NC(=O)[C@H](CCC)NC(=O)C(NC(=O)OCC3c4ccccc4-c4ccccc43)CNC(=O)[C@H](CO[Si](c3ccccc3)(c3ccccc3)C(C)(C)C)NC(=O)/C=C/c3csc2n3)cc1. The predicted molar refractivity (Wildman–Crippen MR) is 356 cm³/mol. The lowest BCUT2D eigenvalue weighted by atomic mass is 9.91. The number of fused-ring (bicyclic) bond motifs is 5. The number of esters is 1. The van der Waals surface area contributed by atoms with Gasteiger partial charge in [-0.25, -0.2) is 9.78 Å². The summed E-state index contributed by atoms with van der Waals surface area (Å²) < 4.78 is 25.1. The van der Waals surface area contributed by atoms with Crippen molar-refractivity contribution in [1.29, 1.82) is 0 Å². The highest BCUT2D eigenvalue weighted by Crippen LogP contribution is 2.45. The van der Waals surface area contributed by atoms with Crippen molar-refractivity contribution in [2.24, 2.45) is 11.3 Å². The minimum Gasteiger partial charge on any atom is -0.490 e. The van der Waals surface area contributed by atoms with Gasteiger partial charge < -0.3 is 50.5 Å². The topological polar surface area (TPSA) is 241 Å². The molecule has 1 unspecified atom stereocenters. The fourth-order valence-electron chi connectivity index (χ4n) is 11.4. The summed E-state index contributed by atoms with van der Waals surface area (Å²) >= 11 is 1.23. The molecular weight excluding hydrogens is 1190 g/mol. The van der Waals surface area contributed by atoms with E-state index in [1.165, 1.54) is 23.5 Å². The largest absolute Gasteiger partial charge is 0.490 e. The van der Waals surface area contributed by atoms with Crippen molar-refractivity contribution in [3.05, 3.63) is 185 Å². The van der Waals surface area contributed by atoms with Crippen molar-refractivity contribution < 1.29 is 52.2 Å². The van der Waals surface area contributed by atoms with Crippen LogP contribution in [0.1, 0.15) is 121 Å². The van der Waals surface area contributed by atoms with Gasteiger partial charge in [0.25, 0.3) is 14.2 Å². The summed E-state index contributed by atoms with van der Waals surface area (Å²) in [6.07, 6.45) is 2.86. The van der Waals surface area contributed by atoms with Crippen LogP contribution < -0.4 is 47.0 Å². The molecule has 2 heterocycles. The first kappa shape index (κ1) is 68.2. The second kappa shape index (κ2) is 30.9. The number of ether oxygens (including phenoxy) is 3. The van der Waals surface area contributed by atoms with E-state index >= 15 is 19.2 Å². The fraction of sp³-hybridized carbons (Fsp3) is 0.380. The average Bonchev–Trinajstić information content (AvgIpc) is 0.943. The Labute approximate surface area is 538 Å². The molecule has 20 heteroatoms. The molecule has 0 spiro atoms. The Bertz CT molecular complexity index is 3460. The lowest BCUT2D eigenvalue weighted by Gasteiger charge is -2.43. The second-order valence-electron chi connectivity index (χ2n) is 25.1. The average molecular weight is 1270 g/mol. The molecule has 1 aromatic heterocycles. The number of nitrogens with zero attached hydrogens (tertiary/aromatic N) is 1. The van der Waals surface area contributed by atoms with E-state index in [4.69, 9.17) is 23.6 Å². The third-order valence-corrected chi connectivity index (χ3v) is 22.4. The smallest absolute Gasteiger partial charge is 0.407 e. The number of nitrogens with one attached hydrogen (secondary N) is 6. The zero-order valence-corrected chi connectivity index (χ0v) is 55.2. The molecule has 91 heavy (non-hydrogen) atoms. The van der Waals surface area contributed by atoms with Crippen LogP contribution in [0, 0.1) is 11.3 Å². The van der Waals surface area contributed by atoms with Crippen molar-refractivity contribution in [3.63, 3.8) is 0 Å². The molecule has 1 aliphatic carbocycles. The highest BCUT2D eigenvalue weighted by molar-refractivity contribution is 7.09. The normalized spacial score (nSPS) is 20.3. The number of hydrogen-bond donors (Lipinski definition) is 6. The van der Waals surface area contributed by atoms with Crippen molar-refractivity contribution in [3.8, 4) is 16.9 Å². The first-order chi connectivity index (χ1) is 43.5. The maximum atomic E-state index is 15.2. The number of benzene rings is 5. The van der Waals surface area contributed by atoms with E-state index in [-0.39, 0.29) is 32.0 Å². The maximum absolute atomic E-state index is 15.2. The monoisotopic (exact) mass is 1270 g/mol. The van der Waals surface area contributed by atoms with Crippen LogP contribution in [0.25, 0.3) is 17.2 Å². The summed E-state index contributed by atoms with van der Waals surface area (Å²) in [5.41, 5.74) is 4.00. The van der Waals surface area contributed by atoms with Crippen LogP contribution in [0.5, 0.6) is 5.75 Å². The van der Waals surface area contributed by atoms with Crippen molar-refractivity contribution >= 4 is 77.7 Å². The van der Waals surface area contributed by atoms with Crippen LogP contribution in [-0.2, 0) is 49.1 Å². The van der Waals surface area contributed by atoms with Crippen molar-refractivity contribution in [1.82, 2.24) is 36.9 Å². The van der Waals surface area contributed by atoms with Gasteiger partial charge in [-0.3, -0.25) is 28.8 Å². The summed E-state index contributed by atoms with van der Waals surface area (Å²) in [5, 5.41) is 20.8. The van der Waals surface area contributed by atoms with Gasteiger partial charge in [-0.2, -0.15) is 0 Å². The molecule has 0 saturated carbocycles. The minimum absolute atomic E-state index is 0.0839. The first-order valence-corrected chi connectivity index (χ1v) is 33.9. The number of carbonyl (C=O) groups is 7. The third kappa shape index (κ3) is 17.0. The summed E-state index contributed by atoms with van der Waals surface area (Å²) in [4.78, 5) is 108. The van der Waals surface area contributed by atoms with Gasteiger partial charge in [0.15, 0.2) is 6.10 Å². The van der Waals surface area contributed by atoms with Gasteiger partial charge in [0.1, 0.15) is 42.1 Å². The Morgan fingerprint density at radius 2 is 1.32 bits per heavy atom. The third-order valence-electron chi connectivity index (χ3n) is 16.4. The van der Waals surface area contributed by atoms with E-state index in [1.54, 1.807) is 44.4 Å². The molecule has 18 nitrogen and oxygen atoms in total. The van der Waals surface area contributed by atoms with Gasteiger partial charge in [-0.05, 0) is 101 Å². The Hall–Kier alpha value is -8.72. The summed E-state index contributed by atoms with van der Waals surface area (Å²) in [7, 11) is -3.36. The maximum Gasteiger partial charge on any atom is 0.407 e. The number of amides is 6. The van der Waals surface area contributed by atoms with Gasteiger partial charge in [0.2, 0.25) is 23.6 Å². The van der Waals surface area contributed by atoms with Crippen LogP contribution in [-0.4, -0.2) is 112 Å². The molecule has 2 bridgehead atoms. The molecule has 480 valence electrons. The van der Waals surface area contributed by atoms with E-state index in [9.17, 15) is 14.4 Å². The van der Waals surface area contributed by atoms with E-state index < -0.39 is 109 Å². The summed E-state index contributed by atoms with van der Waals surface area (Å²) in [6.45, 7) is 19.8. The Kier molecular flexibility index (Phi) is 23.1. The number of thiazole rings is 1. The Morgan fingerprint density at radius 3 is 1.90 bits per heavy atom.